The van der Waals surface area contributed by atoms with E-state index in [2.05, 4.69) is 50.0 Å². The van der Waals surface area contributed by atoms with E-state index in [0.717, 1.165) is 48.9 Å². The third kappa shape index (κ3) is 2.79. The van der Waals surface area contributed by atoms with Crippen LogP contribution >= 0.6 is 0 Å². The Morgan fingerprint density at radius 2 is 1.92 bits per heavy atom. The van der Waals surface area contributed by atoms with Gasteiger partial charge in [-0.15, -0.1) is 0 Å². The van der Waals surface area contributed by atoms with E-state index in [1.54, 1.807) is 6.33 Å². The van der Waals surface area contributed by atoms with E-state index in [1.165, 1.54) is 5.52 Å². The molecule has 0 atom stereocenters. The van der Waals surface area contributed by atoms with Gasteiger partial charge < -0.3 is 14.8 Å². The minimum atomic E-state index is 0.449. The van der Waals surface area contributed by atoms with Crippen molar-refractivity contribution in [3.63, 3.8) is 0 Å². The van der Waals surface area contributed by atoms with Crippen LogP contribution in [-0.2, 0) is 7.05 Å². The standard InChI is InChI=1S/C18H22N6/c1-13-11-17(20-12-19-13)21-14-7-9-24(10-8-14)18-22-15-5-3-4-6-16(15)23(18)2/h3-6,11-12,14H,7-10H2,1-2H3,(H,19,20,21). The predicted molar refractivity (Wildman–Crippen MR) is 96.3 cm³/mol. The highest BCUT2D eigenvalue weighted by atomic mass is 15.3. The number of imidazole rings is 1. The first-order chi connectivity index (χ1) is 11.7. The molecule has 1 N–H and O–H groups in total. The van der Waals surface area contributed by atoms with Crippen LogP contribution in [0.1, 0.15) is 18.5 Å². The predicted octanol–water partition coefficient (Wildman–Crippen LogP) is 2.75. The number of benzene rings is 1. The van der Waals surface area contributed by atoms with Crippen molar-refractivity contribution in [2.45, 2.75) is 25.8 Å². The Bertz CT molecular complexity index is 848. The molecule has 2 aromatic heterocycles. The maximum Gasteiger partial charge on any atom is 0.206 e. The van der Waals surface area contributed by atoms with E-state index in [0.29, 0.717) is 6.04 Å². The van der Waals surface area contributed by atoms with Gasteiger partial charge in [-0.25, -0.2) is 15.0 Å². The number of para-hydroxylation sites is 2. The van der Waals surface area contributed by atoms with Gasteiger partial charge in [0, 0.05) is 37.9 Å². The highest BCUT2D eigenvalue weighted by Gasteiger charge is 2.22. The Balaban J connectivity index is 1.44. The number of nitrogens with zero attached hydrogens (tertiary/aromatic N) is 5. The molecule has 3 aromatic rings. The molecule has 1 fully saturated rings. The third-order valence-corrected chi connectivity index (χ3v) is 4.70. The second-order valence-corrected chi connectivity index (χ2v) is 6.41. The van der Waals surface area contributed by atoms with Crippen LogP contribution in [0.3, 0.4) is 0 Å². The molecule has 1 aliphatic rings. The number of piperidine rings is 1. The molecule has 0 saturated carbocycles. The first-order valence-electron chi connectivity index (χ1n) is 8.42. The van der Waals surface area contributed by atoms with E-state index in [4.69, 9.17) is 4.98 Å². The van der Waals surface area contributed by atoms with E-state index in [9.17, 15) is 0 Å². The van der Waals surface area contributed by atoms with Gasteiger partial charge in [0.15, 0.2) is 0 Å². The summed E-state index contributed by atoms with van der Waals surface area (Å²) in [7, 11) is 2.10. The second-order valence-electron chi connectivity index (χ2n) is 6.41. The quantitative estimate of drug-likeness (QED) is 0.803. The minimum Gasteiger partial charge on any atom is -0.367 e. The lowest BCUT2D eigenvalue weighted by Crippen LogP contribution is -2.40. The van der Waals surface area contributed by atoms with Crippen LogP contribution in [0.5, 0.6) is 0 Å². The van der Waals surface area contributed by atoms with E-state index < -0.39 is 0 Å². The summed E-state index contributed by atoms with van der Waals surface area (Å²) in [6, 6.07) is 10.7. The van der Waals surface area contributed by atoms with Crippen molar-refractivity contribution in [1.82, 2.24) is 19.5 Å². The highest BCUT2D eigenvalue weighted by Crippen LogP contribution is 2.24. The van der Waals surface area contributed by atoms with Gasteiger partial charge in [-0.2, -0.15) is 0 Å². The van der Waals surface area contributed by atoms with Gasteiger partial charge in [-0.05, 0) is 31.9 Å². The average molecular weight is 322 g/mol. The lowest BCUT2D eigenvalue weighted by Gasteiger charge is -2.33. The Morgan fingerprint density at radius 1 is 1.12 bits per heavy atom. The number of aryl methyl sites for hydroxylation is 2. The lowest BCUT2D eigenvalue weighted by atomic mass is 10.1. The van der Waals surface area contributed by atoms with Crippen molar-refractivity contribution in [3.05, 3.63) is 42.4 Å². The molecule has 0 radical (unpaired) electrons. The number of fused-ring (bicyclic) bond motifs is 1. The normalized spacial score (nSPS) is 15.8. The molecule has 4 rings (SSSR count). The molecule has 6 heteroatoms. The first kappa shape index (κ1) is 14.9. The second kappa shape index (κ2) is 6.11. The summed E-state index contributed by atoms with van der Waals surface area (Å²) in [6.07, 6.45) is 3.77. The number of aromatic nitrogens is 4. The van der Waals surface area contributed by atoms with Crippen LogP contribution in [0.2, 0.25) is 0 Å². The molecular formula is C18H22N6. The van der Waals surface area contributed by atoms with E-state index in [-0.39, 0.29) is 0 Å². The molecule has 0 aliphatic carbocycles. The smallest absolute Gasteiger partial charge is 0.206 e. The van der Waals surface area contributed by atoms with Crippen LogP contribution in [0, 0.1) is 6.92 Å². The van der Waals surface area contributed by atoms with Crippen molar-refractivity contribution in [1.29, 1.82) is 0 Å². The number of hydrogen-bond acceptors (Lipinski definition) is 5. The fourth-order valence-corrected chi connectivity index (χ4v) is 3.38. The molecule has 0 bridgehead atoms. The van der Waals surface area contributed by atoms with Gasteiger partial charge in [0.2, 0.25) is 5.95 Å². The number of hydrogen-bond donors (Lipinski definition) is 1. The average Bonchev–Trinajstić information content (AvgIpc) is 2.93. The molecule has 6 nitrogen and oxygen atoms in total. The zero-order valence-corrected chi connectivity index (χ0v) is 14.1. The molecule has 1 aliphatic heterocycles. The Kier molecular flexibility index (Phi) is 3.80. The van der Waals surface area contributed by atoms with Gasteiger partial charge in [-0.1, -0.05) is 12.1 Å². The van der Waals surface area contributed by atoms with Crippen molar-refractivity contribution >= 4 is 22.8 Å². The summed E-state index contributed by atoms with van der Waals surface area (Å²) in [4.78, 5) is 15.6. The zero-order chi connectivity index (χ0) is 16.5. The van der Waals surface area contributed by atoms with Crippen LogP contribution in [0.4, 0.5) is 11.8 Å². The maximum absolute atomic E-state index is 4.80. The summed E-state index contributed by atoms with van der Waals surface area (Å²) < 4.78 is 2.19. The summed E-state index contributed by atoms with van der Waals surface area (Å²) in [5.41, 5.74) is 3.24. The Labute approximate surface area is 141 Å². The summed E-state index contributed by atoms with van der Waals surface area (Å²) in [5.74, 6) is 1.98. The Morgan fingerprint density at radius 3 is 2.67 bits per heavy atom. The highest BCUT2D eigenvalue weighted by molar-refractivity contribution is 5.78. The molecule has 1 aromatic carbocycles. The van der Waals surface area contributed by atoms with Gasteiger partial charge in [0.25, 0.3) is 0 Å². The summed E-state index contributed by atoms with van der Waals surface area (Å²) in [5, 5.41) is 3.53. The fourth-order valence-electron chi connectivity index (χ4n) is 3.38. The zero-order valence-electron chi connectivity index (χ0n) is 14.1. The third-order valence-electron chi connectivity index (χ3n) is 4.70. The number of anilines is 2. The molecular weight excluding hydrogens is 300 g/mol. The van der Waals surface area contributed by atoms with Crippen molar-refractivity contribution in [3.8, 4) is 0 Å². The molecule has 0 unspecified atom stereocenters. The molecule has 24 heavy (non-hydrogen) atoms. The largest absolute Gasteiger partial charge is 0.367 e. The van der Waals surface area contributed by atoms with E-state index in [1.807, 2.05) is 19.1 Å². The van der Waals surface area contributed by atoms with Gasteiger partial charge >= 0.3 is 0 Å². The molecule has 124 valence electrons. The number of nitrogens with one attached hydrogen (secondary N) is 1. The monoisotopic (exact) mass is 322 g/mol. The molecule has 3 heterocycles. The summed E-state index contributed by atoms with van der Waals surface area (Å²) >= 11 is 0. The molecule has 0 spiro atoms. The maximum atomic E-state index is 4.80. The summed E-state index contributed by atoms with van der Waals surface area (Å²) in [6.45, 7) is 3.99. The lowest BCUT2D eigenvalue weighted by molar-refractivity contribution is 0.515. The van der Waals surface area contributed by atoms with Gasteiger partial charge in [-0.3, -0.25) is 0 Å². The van der Waals surface area contributed by atoms with Crippen LogP contribution in [0.25, 0.3) is 11.0 Å². The van der Waals surface area contributed by atoms with Crippen LogP contribution in [0.15, 0.2) is 36.7 Å². The fraction of sp³-hybridized carbons (Fsp3) is 0.389. The van der Waals surface area contributed by atoms with Gasteiger partial charge in [0.1, 0.15) is 12.1 Å². The molecule has 1 saturated heterocycles. The van der Waals surface area contributed by atoms with Crippen molar-refractivity contribution < 1.29 is 0 Å². The van der Waals surface area contributed by atoms with Crippen LogP contribution in [-0.4, -0.2) is 38.7 Å². The minimum absolute atomic E-state index is 0.449. The topological polar surface area (TPSA) is 58.9 Å². The van der Waals surface area contributed by atoms with Crippen LogP contribution < -0.4 is 10.2 Å². The first-order valence-corrected chi connectivity index (χ1v) is 8.42. The Hall–Kier alpha value is -2.63. The van der Waals surface area contributed by atoms with Crippen molar-refractivity contribution in [2.24, 2.45) is 7.05 Å². The van der Waals surface area contributed by atoms with E-state index >= 15 is 0 Å². The van der Waals surface area contributed by atoms with Gasteiger partial charge in [0.05, 0.1) is 11.0 Å². The number of rotatable bonds is 3. The SMILES string of the molecule is Cc1cc(NC2CCN(c3nc4ccccc4n3C)CC2)ncn1. The molecule has 0 amide bonds. The van der Waals surface area contributed by atoms with Crippen molar-refractivity contribution in [2.75, 3.05) is 23.3 Å².